The van der Waals surface area contributed by atoms with E-state index >= 15 is 0 Å². The fourth-order valence-corrected chi connectivity index (χ4v) is 5.62. The Kier molecular flexibility index (Phi) is 3.57. The number of allylic oxidation sites excluding steroid dienone is 2. The summed E-state index contributed by atoms with van der Waals surface area (Å²) < 4.78 is 0. The summed E-state index contributed by atoms with van der Waals surface area (Å²) >= 11 is 6.02. The molecule has 7 atom stereocenters. The van der Waals surface area contributed by atoms with Crippen LogP contribution in [-0.4, -0.2) is 28.7 Å². The molecule has 0 aromatic heterocycles. The molecule has 4 aliphatic carbocycles. The van der Waals surface area contributed by atoms with E-state index in [0.29, 0.717) is 22.5 Å². The lowest BCUT2D eigenvalue weighted by Gasteiger charge is -2.37. The predicted molar refractivity (Wildman–Crippen MR) is 101 cm³/mol. The predicted octanol–water partition coefficient (Wildman–Crippen LogP) is 3.03. The smallest absolute Gasteiger partial charge is 0.247 e. The van der Waals surface area contributed by atoms with Crippen molar-refractivity contribution in [1.82, 2.24) is 4.90 Å². The number of rotatable bonds is 3. The Balaban J connectivity index is 1.39. The van der Waals surface area contributed by atoms with Crippen molar-refractivity contribution >= 4 is 35.0 Å². The molecule has 1 heterocycles. The van der Waals surface area contributed by atoms with Gasteiger partial charge < -0.3 is 5.32 Å². The van der Waals surface area contributed by atoms with E-state index in [1.165, 1.54) is 4.90 Å². The molecule has 0 unspecified atom stereocenters. The Morgan fingerprint density at radius 2 is 1.74 bits per heavy atom. The van der Waals surface area contributed by atoms with E-state index in [4.69, 9.17) is 11.6 Å². The molecular weight excluding hydrogens is 364 g/mol. The van der Waals surface area contributed by atoms with Crippen molar-refractivity contribution in [3.05, 3.63) is 40.9 Å². The molecule has 27 heavy (non-hydrogen) atoms. The van der Waals surface area contributed by atoms with Crippen LogP contribution in [-0.2, 0) is 14.4 Å². The highest BCUT2D eigenvalue weighted by atomic mass is 35.5. The number of anilines is 1. The molecule has 5 aliphatic rings. The number of aryl methyl sites for hydroxylation is 1. The molecule has 2 bridgehead atoms. The summed E-state index contributed by atoms with van der Waals surface area (Å²) in [6, 6.07) is 4.40. The van der Waals surface area contributed by atoms with Crippen molar-refractivity contribution in [1.29, 1.82) is 0 Å². The number of halogens is 1. The summed E-state index contributed by atoms with van der Waals surface area (Å²) in [7, 11) is 0. The van der Waals surface area contributed by atoms with Gasteiger partial charge in [0.25, 0.3) is 0 Å². The van der Waals surface area contributed by atoms with Gasteiger partial charge in [-0.1, -0.05) is 29.8 Å². The minimum atomic E-state index is -0.843. The Hall–Kier alpha value is -2.14. The topological polar surface area (TPSA) is 66.5 Å². The second-order valence-corrected chi connectivity index (χ2v) is 8.76. The van der Waals surface area contributed by atoms with Gasteiger partial charge in [0.05, 0.1) is 11.8 Å². The average molecular weight is 385 g/mol. The highest BCUT2D eigenvalue weighted by Gasteiger charge is 2.67. The van der Waals surface area contributed by atoms with Crippen LogP contribution in [0.2, 0.25) is 5.02 Å². The third-order valence-corrected chi connectivity index (χ3v) is 7.16. The molecule has 1 saturated heterocycles. The summed E-state index contributed by atoms with van der Waals surface area (Å²) in [4.78, 5) is 40.2. The first-order valence-corrected chi connectivity index (χ1v) is 9.88. The van der Waals surface area contributed by atoms with E-state index < -0.39 is 6.04 Å². The van der Waals surface area contributed by atoms with E-state index in [1.807, 2.05) is 13.0 Å². The molecule has 0 radical (unpaired) electrons. The van der Waals surface area contributed by atoms with E-state index in [2.05, 4.69) is 17.5 Å². The monoisotopic (exact) mass is 384 g/mol. The summed E-state index contributed by atoms with van der Waals surface area (Å²) in [5.41, 5.74) is 1.47. The summed E-state index contributed by atoms with van der Waals surface area (Å²) in [6.07, 6.45) is 5.39. The lowest BCUT2D eigenvalue weighted by atomic mass is 9.63. The zero-order valence-corrected chi connectivity index (χ0v) is 15.9. The number of imide groups is 1. The number of hydrogen-bond donors (Lipinski definition) is 1. The highest BCUT2D eigenvalue weighted by molar-refractivity contribution is 6.31. The van der Waals surface area contributed by atoms with Gasteiger partial charge in [0.1, 0.15) is 6.04 Å². The Labute approximate surface area is 162 Å². The zero-order chi connectivity index (χ0) is 19.0. The Morgan fingerprint density at radius 3 is 2.33 bits per heavy atom. The number of carbonyl (C=O) groups is 3. The van der Waals surface area contributed by atoms with Gasteiger partial charge >= 0.3 is 0 Å². The van der Waals surface area contributed by atoms with Crippen molar-refractivity contribution < 1.29 is 14.4 Å². The summed E-state index contributed by atoms with van der Waals surface area (Å²) in [6.45, 7) is 3.49. The molecule has 6 rings (SSSR count). The number of benzene rings is 1. The first kappa shape index (κ1) is 17.0. The summed E-state index contributed by atoms with van der Waals surface area (Å²) in [5, 5.41) is 3.34. The number of nitrogens with one attached hydrogen (secondary N) is 1. The molecular formula is C21H21ClN2O3. The number of carbonyl (C=O) groups excluding carboxylic acids is 3. The van der Waals surface area contributed by atoms with E-state index in [1.54, 1.807) is 19.1 Å². The minimum Gasteiger partial charge on any atom is -0.324 e. The lowest BCUT2D eigenvalue weighted by Crippen LogP contribution is -2.46. The van der Waals surface area contributed by atoms with Gasteiger partial charge in [0.15, 0.2) is 0 Å². The van der Waals surface area contributed by atoms with Crippen LogP contribution in [0.5, 0.6) is 0 Å². The van der Waals surface area contributed by atoms with E-state index in [-0.39, 0.29) is 41.4 Å². The number of likely N-dealkylation sites (tertiary alicyclic amines) is 1. The SMILES string of the molecule is Cc1ccc(Cl)cc1NC(=O)[C@H](C)N1C(=O)[C@@H]2[C@H]3C=C[C@@H]([C@@H]4C[C@H]34)[C@@H]2C1=O. The molecule has 2 saturated carbocycles. The Bertz CT molecular complexity index is 875. The molecule has 1 aromatic rings. The largest absolute Gasteiger partial charge is 0.324 e. The molecule has 3 amide bonds. The Morgan fingerprint density at radius 1 is 1.15 bits per heavy atom. The van der Waals surface area contributed by atoms with Gasteiger partial charge in [-0.25, -0.2) is 0 Å². The van der Waals surface area contributed by atoms with Crippen LogP contribution in [0.25, 0.3) is 0 Å². The second-order valence-electron chi connectivity index (χ2n) is 8.33. The van der Waals surface area contributed by atoms with Crippen LogP contribution < -0.4 is 5.32 Å². The first-order chi connectivity index (χ1) is 12.9. The molecule has 5 nitrogen and oxygen atoms in total. The lowest BCUT2D eigenvalue weighted by molar-refractivity contribution is -0.146. The zero-order valence-electron chi connectivity index (χ0n) is 15.2. The van der Waals surface area contributed by atoms with Crippen LogP contribution >= 0.6 is 11.6 Å². The molecule has 3 fully saturated rings. The van der Waals surface area contributed by atoms with Gasteiger partial charge in [0.2, 0.25) is 17.7 Å². The first-order valence-electron chi connectivity index (χ1n) is 9.50. The van der Waals surface area contributed by atoms with Crippen molar-refractivity contribution in [3.8, 4) is 0 Å². The van der Waals surface area contributed by atoms with Crippen LogP contribution in [0.4, 0.5) is 5.69 Å². The quantitative estimate of drug-likeness (QED) is 0.643. The highest BCUT2D eigenvalue weighted by Crippen LogP contribution is 2.65. The van der Waals surface area contributed by atoms with Crippen molar-refractivity contribution in [2.24, 2.45) is 35.5 Å². The molecule has 1 aliphatic heterocycles. The molecule has 0 spiro atoms. The van der Waals surface area contributed by atoms with Crippen LogP contribution in [0, 0.1) is 42.4 Å². The minimum absolute atomic E-state index is 0.164. The van der Waals surface area contributed by atoms with Gasteiger partial charge in [-0.15, -0.1) is 0 Å². The summed E-state index contributed by atoms with van der Waals surface area (Å²) in [5.74, 6) is 0.145. The average Bonchev–Trinajstić information content (AvgIpc) is 3.42. The van der Waals surface area contributed by atoms with Gasteiger partial charge in [-0.3, -0.25) is 19.3 Å². The van der Waals surface area contributed by atoms with Gasteiger partial charge in [-0.05, 0) is 61.6 Å². The number of hydrogen-bond acceptors (Lipinski definition) is 3. The number of nitrogens with zero attached hydrogens (tertiary/aromatic N) is 1. The maximum absolute atomic E-state index is 13.1. The fraction of sp³-hybridized carbons (Fsp3) is 0.476. The normalized spacial score (nSPS) is 36.5. The van der Waals surface area contributed by atoms with E-state index in [0.717, 1.165) is 12.0 Å². The fourth-order valence-electron chi connectivity index (χ4n) is 5.45. The third-order valence-electron chi connectivity index (χ3n) is 6.92. The van der Waals surface area contributed by atoms with Crippen molar-refractivity contribution in [2.45, 2.75) is 26.3 Å². The maximum atomic E-state index is 13.1. The van der Waals surface area contributed by atoms with Crippen LogP contribution in [0.1, 0.15) is 18.9 Å². The molecule has 1 N–H and O–H groups in total. The van der Waals surface area contributed by atoms with Crippen LogP contribution in [0.15, 0.2) is 30.4 Å². The van der Waals surface area contributed by atoms with E-state index in [9.17, 15) is 14.4 Å². The standard InChI is InChI=1S/C21H21ClN2O3/c1-9-3-4-11(22)7-16(9)23-19(25)10(2)24-20(26)17-12-5-6-13(15-8-14(12)15)18(17)21(24)27/h3-7,10,12-15,17-18H,8H2,1-2H3,(H,23,25)/t10-,12-,13-,14-,15+,17-,18+/m0/s1. The second kappa shape index (κ2) is 5.68. The maximum Gasteiger partial charge on any atom is 0.247 e. The van der Waals surface area contributed by atoms with Crippen molar-refractivity contribution in [2.75, 3.05) is 5.32 Å². The third kappa shape index (κ3) is 2.34. The molecule has 1 aromatic carbocycles. The van der Waals surface area contributed by atoms with Crippen molar-refractivity contribution in [3.63, 3.8) is 0 Å². The van der Waals surface area contributed by atoms with Crippen LogP contribution in [0.3, 0.4) is 0 Å². The molecule has 140 valence electrons. The molecule has 6 heteroatoms. The number of amides is 3. The van der Waals surface area contributed by atoms with Gasteiger partial charge in [0, 0.05) is 10.7 Å². The van der Waals surface area contributed by atoms with Gasteiger partial charge in [-0.2, -0.15) is 0 Å².